The number of ether oxygens (including phenoxy) is 3. The van der Waals surface area contributed by atoms with Gasteiger partial charge in [0.25, 0.3) is 0 Å². The number of benzene rings is 3. The van der Waals surface area contributed by atoms with E-state index in [2.05, 4.69) is 39.8 Å². The molecule has 1 fully saturated rings. The first-order chi connectivity index (χ1) is 15.7. The highest BCUT2D eigenvalue weighted by Gasteiger charge is 2.20. The van der Waals surface area contributed by atoms with Crippen LogP contribution in [0.25, 0.3) is 0 Å². The van der Waals surface area contributed by atoms with E-state index in [1.807, 2.05) is 42.5 Å². The minimum atomic E-state index is 0.239. The average Bonchev–Trinajstić information content (AvgIpc) is 3.28. The molecule has 0 radical (unpaired) electrons. The molecule has 4 N–H and O–H groups in total. The summed E-state index contributed by atoms with van der Waals surface area (Å²) in [6.07, 6.45) is 0.239. The Balaban J connectivity index is 1.11. The molecule has 0 saturated carbocycles. The van der Waals surface area contributed by atoms with E-state index in [-0.39, 0.29) is 6.17 Å². The van der Waals surface area contributed by atoms with Gasteiger partial charge in [0.1, 0.15) is 11.5 Å². The molecular formula is C25H28N4O3. The van der Waals surface area contributed by atoms with Gasteiger partial charge in [-0.2, -0.15) is 0 Å². The van der Waals surface area contributed by atoms with E-state index in [9.17, 15) is 0 Å². The molecule has 0 bridgehead atoms. The van der Waals surface area contributed by atoms with Crippen LogP contribution in [-0.4, -0.2) is 37.5 Å². The fourth-order valence-electron chi connectivity index (χ4n) is 3.98. The first-order valence-electron chi connectivity index (χ1n) is 10.9. The summed E-state index contributed by atoms with van der Waals surface area (Å²) in [6.45, 7) is 4.91. The maximum atomic E-state index is 5.87. The molecule has 3 aromatic rings. The molecule has 7 nitrogen and oxygen atoms in total. The van der Waals surface area contributed by atoms with Crippen molar-refractivity contribution >= 4 is 5.69 Å². The number of fused-ring (bicyclic) bond motifs is 1. The second-order valence-corrected chi connectivity index (χ2v) is 8.13. The van der Waals surface area contributed by atoms with Crippen LogP contribution in [0.2, 0.25) is 0 Å². The van der Waals surface area contributed by atoms with Crippen LogP contribution in [0, 0.1) is 0 Å². The lowest BCUT2D eigenvalue weighted by Gasteiger charge is -2.34. The molecule has 0 spiro atoms. The zero-order valence-electron chi connectivity index (χ0n) is 17.9. The van der Waals surface area contributed by atoms with Gasteiger partial charge in [0, 0.05) is 38.4 Å². The Morgan fingerprint density at radius 1 is 0.938 bits per heavy atom. The number of nitrogens with two attached hydrogens (primary N) is 1. The summed E-state index contributed by atoms with van der Waals surface area (Å²) in [7, 11) is 0. The summed E-state index contributed by atoms with van der Waals surface area (Å²) in [5.41, 5.74) is 8.90. The molecule has 2 heterocycles. The van der Waals surface area contributed by atoms with Crippen molar-refractivity contribution in [2.45, 2.75) is 19.3 Å². The third-order valence-electron chi connectivity index (χ3n) is 5.69. The molecule has 0 amide bonds. The Morgan fingerprint density at radius 3 is 2.47 bits per heavy atom. The molecular weight excluding hydrogens is 404 g/mol. The van der Waals surface area contributed by atoms with E-state index in [0.29, 0.717) is 6.79 Å². The van der Waals surface area contributed by atoms with Crippen LogP contribution in [-0.2, 0) is 13.1 Å². The molecule has 1 saturated heterocycles. The lowest BCUT2D eigenvalue weighted by atomic mass is 10.1. The van der Waals surface area contributed by atoms with Crippen LogP contribution < -0.4 is 30.6 Å². The van der Waals surface area contributed by atoms with Crippen molar-refractivity contribution in [3.05, 3.63) is 77.9 Å². The van der Waals surface area contributed by atoms with Crippen LogP contribution in [0.5, 0.6) is 23.0 Å². The zero-order chi connectivity index (χ0) is 21.8. The van der Waals surface area contributed by atoms with Crippen molar-refractivity contribution in [2.24, 2.45) is 0 Å². The Hall–Kier alpha value is -3.26. The summed E-state index contributed by atoms with van der Waals surface area (Å²) in [6, 6.07) is 21.8. The highest BCUT2D eigenvalue weighted by Crippen LogP contribution is 2.32. The topological polar surface area (TPSA) is 81.0 Å². The number of nitrogen functional groups attached to an aromatic ring is 1. The maximum absolute atomic E-state index is 5.87. The van der Waals surface area contributed by atoms with Gasteiger partial charge >= 0.3 is 0 Å². The highest BCUT2D eigenvalue weighted by molar-refractivity contribution is 5.45. The molecule has 0 aromatic heterocycles. The third kappa shape index (κ3) is 5.13. The minimum Gasteiger partial charge on any atom is -0.457 e. The fraction of sp³-hybridized carbons (Fsp3) is 0.280. The largest absolute Gasteiger partial charge is 0.457 e. The quantitative estimate of drug-likeness (QED) is 0.494. The van der Waals surface area contributed by atoms with E-state index in [4.69, 9.17) is 19.9 Å². The summed E-state index contributed by atoms with van der Waals surface area (Å²) in [4.78, 5) is 2.45. The molecule has 166 valence electrons. The van der Waals surface area contributed by atoms with Crippen molar-refractivity contribution in [1.82, 2.24) is 15.5 Å². The monoisotopic (exact) mass is 432 g/mol. The summed E-state index contributed by atoms with van der Waals surface area (Å²) in [5, 5.41) is 7.18. The van der Waals surface area contributed by atoms with Gasteiger partial charge in [0.05, 0.1) is 6.17 Å². The molecule has 5 rings (SSSR count). The van der Waals surface area contributed by atoms with Gasteiger partial charge in [-0.3, -0.25) is 15.5 Å². The second-order valence-electron chi connectivity index (χ2n) is 8.13. The Morgan fingerprint density at radius 2 is 1.66 bits per heavy atom. The van der Waals surface area contributed by atoms with Crippen molar-refractivity contribution in [3.8, 4) is 23.0 Å². The predicted octanol–water partition coefficient (Wildman–Crippen LogP) is 3.31. The third-order valence-corrected chi connectivity index (χ3v) is 5.69. The molecule has 0 aliphatic carbocycles. The Labute approximate surface area is 188 Å². The van der Waals surface area contributed by atoms with Crippen molar-refractivity contribution in [3.63, 3.8) is 0 Å². The summed E-state index contributed by atoms with van der Waals surface area (Å²) in [5.74, 6) is 3.26. The fourth-order valence-corrected chi connectivity index (χ4v) is 3.98. The van der Waals surface area contributed by atoms with E-state index in [0.717, 1.165) is 61.4 Å². The number of hydrogen-bond donors (Lipinski definition) is 3. The number of rotatable bonds is 7. The highest BCUT2D eigenvalue weighted by atomic mass is 16.7. The molecule has 32 heavy (non-hydrogen) atoms. The molecule has 2 aliphatic rings. The van der Waals surface area contributed by atoms with Crippen LogP contribution in [0.3, 0.4) is 0 Å². The molecule has 1 unspecified atom stereocenters. The van der Waals surface area contributed by atoms with Gasteiger partial charge in [-0.15, -0.1) is 0 Å². The van der Waals surface area contributed by atoms with Crippen molar-refractivity contribution in [2.75, 3.05) is 32.2 Å². The minimum absolute atomic E-state index is 0.239. The first kappa shape index (κ1) is 20.6. The number of piperazine rings is 1. The van der Waals surface area contributed by atoms with Crippen molar-refractivity contribution < 1.29 is 14.2 Å². The second kappa shape index (κ2) is 9.48. The zero-order valence-corrected chi connectivity index (χ0v) is 17.9. The lowest BCUT2D eigenvalue weighted by Crippen LogP contribution is -2.56. The summed E-state index contributed by atoms with van der Waals surface area (Å²) < 4.78 is 16.8. The first-order valence-corrected chi connectivity index (χ1v) is 10.9. The molecule has 2 aliphatic heterocycles. The Bertz CT molecular complexity index is 1040. The SMILES string of the molecule is Nc1ccc(Oc2ccc(CNC3CN(Cc4ccc5c(c4)OCO5)CCN3)cc2)cc1. The maximum Gasteiger partial charge on any atom is 0.231 e. The molecule has 1 atom stereocenters. The standard InChI is InChI=1S/C25H28N4O3/c26-20-4-8-22(9-5-20)32-21-6-1-18(2-7-21)14-28-25-16-29(12-11-27-25)15-19-3-10-23-24(13-19)31-17-30-23/h1-10,13,25,27-28H,11-12,14-17,26H2. The normalized spacial score (nSPS) is 17.9. The molecule has 3 aromatic carbocycles. The number of nitrogens with zero attached hydrogens (tertiary/aromatic N) is 1. The van der Waals surface area contributed by atoms with Gasteiger partial charge in [0.15, 0.2) is 11.5 Å². The van der Waals surface area contributed by atoms with Crippen LogP contribution in [0.15, 0.2) is 66.7 Å². The summed E-state index contributed by atoms with van der Waals surface area (Å²) >= 11 is 0. The Kier molecular flexibility index (Phi) is 6.11. The van der Waals surface area contributed by atoms with Crippen LogP contribution in [0.4, 0.5) is 5.69 Å². The van der Waals surface area contributed by atoms with E-state index in [1.54, 1.807) is 0 Å². The van der Waals surface area contributed by atoms with E-state index in [1.165, 1.54) is 11.1 Å². The van der Waals surface area contributed by atoms with E-state index < -0.39 is 0 Å². The van der Waals surface area contributed by atoms with Crippen molar-refractivity contribution in [1.29, 1.82) is 0 Å². The predicted molar refractivity (Wildman–Crippen MR) is 124 cm³/mol. The smallest absolute Gasteiger partial charge is 0.231 e. The van der Waals surface area contributed by atoms with Gasteiger partial charge in [-0.1, -0.05) is 18.2 Å². The van der Waals surface area contributed by atoms with Crippen LogP contribution in [0.1, 0.15) is 11.1 Å². The number of hydrogen-bond acceptors (Lipinski definition) is 7. The van der Waals surface area contributed by atoms with Gasteiger partial charge in [0.2, 0.25) is 6.79 Å². The average molecular weight is 433 g/mol. The van der Waals surface area contributed by atoms with Crippen LogP contribution >= 0.6 is 0 Å². The molecule has 7 heteroatoms. The number of nitrogens with one attached hydrogen (secondary N) is 2. The van der Waals surface area contributed by atoms with Gasteiger partial charge in [-0.05, 0) is 59.7 Å². The number of anilines is 1. The van der Waals surface area contributed by atoms with E-state index >= 15 is 0 Å². The van der Waals surface area contributed by atoms with Gasteiger partial charge < -0.3 is 19.9 Å². The lowest BCUT2D eigenvalue weighted by molar-refractivity contribution is 0.171. The van der Waals surface area contributed by atoms with Gasteiger partial charge in [-0.25, -0.2) is 0 Å².